The van der Waals surface area contributed by atoms with Gasteiger partial charge in [-0.3, -0.25) is 4.90 Å². The van der Waals surface area contributed by atoms with Crippen LogP contribution in [0.1, 0.15) is 5.56 Å². The van der Waals surface area contributed by atoms with Gasteiger partial charge in [-0.2, -0.15) is 0 Å². The molecule has 1 aliphatic rings. The normalized spacial score (nSPS) is 17.8. The Bertz CT molecular complexity index is 452. The molecule has 0 radical (unpaired) electrons. The Labute approximate surface area is 108 Å². The molecular weight excluding hydrogens is 250 g/mol. The van der Waals surface area contributed by atoms with E-state index in [9.17, 15) is 8.42 Å². The standard InChI is InChI=1S/C13H19NO3S/c15-18(16,12-13-4-2-1-3-5-13)11-8-14-6-9-17-10-7-14/h1-5H,6-12H2. The number of nitrogens with zero attached hydrogens (tertiary/aromatic N) is 1. The van der Waals surface area contributed by atoms with E-state index in [4.69, 9.17) is 4.74 Å². The first-order valence-electron chi connectivity index (χ1n) is 6.20. The average Bonchev–Trinajstić information content (AvgIpc) is 2.38. The van der Waals surface area contributed by atoms with Crippen LogP contribution in [0.5, 0.6) is 0 Å². The van der Waals surface area contributed by atoms with Crippen LogP contribution in [-0.4, -0.2) is 51.9 Å². The van der Waals surface area contributed by atoms with Gasteiger partial charge in [0.05, 0.1) is 24.7 Å². The van der Waals surface area contributed by atoms with Gasteiger partial charge < -0.3 is 4.74 Å². The van der Waals surface area contributed by atoms with Crippen LogP contribution < -0.4 is 0 Å². The summed E-state index contributed by atoms with van der Waals surface area (Å²) in [5, 5.41) is 0. The summed E-state index contributed by atoms with van der Waals surface area (Å²) in [6, 6.07) is 9.34. The maximum atomic E-state index is 12.0. The topological polar surface area (TPSA) is 46.6 Å². The van der Waals surface area contributed by atoms with E-state index < -0.39 is 9.84 Å². The molecule has 1 aliphatic heterocycles. The van der Waals surface area contributed by atoms with Crippen LogP contribution in [0, 0.1) is 0 Å². The van der Waals surface area contributed by atoms with Crippen LogP contribution in [0.15, 0.2) is 30.3 Å². The lowest BCUT2D eigenvalue weighted by atomic mass is 10.2. The highest BCUT2D eigenvalue weighted by Gasteiger charge is 2.16. The molecule has 0 saturated carbocycles. The van der Waals surface area contributed by atoms with E-state index in [1.165, 1.54) is 0 Å². The SMILES string of the molecule is O=S(=O)(CCN1CCOCC1)Cc1ccccc1. The van der Waals surface area contributed by atoms with Crippen molar-refractivity contribution in [1.29, 1.82) is 0 Å². The predicted octanol–water partition coefficient (Wildman–Crippen LogP) is 0.934. The fraction of sp³-hybridized carbons (Fsp3) is 0.538. The minimum Gasteiger partial charge on any atom is -0.379 e. The van der Waals surface area contributed by atoms with Crippen LogP contribution in [0.4, 0.5) is 0 Å². The van der Waals surface area contributed by atoms with Crippen molar-refractivity contribution in [2.45, 2.75) is 5.75 Å². The van der Waals surface area contributed by atoms with Gasteiger partial charge in [-0.15, -0.1) is 0 Å². The third kappa shape index (κ3) is 4.40. The molecule has 1 aromatic rings. The van der Waals surface area contributed by atoms with E-state index in [1.54, 1.807) is 0 Å². The van der Waals surface area contributed by atoms with Crippen molar-refractivity contribution in [3.63, 3.8) is 0 Å². The maximum absolute atomic E-state index is 12.0. The predicted molar refractivity (Wildman–Crippen MR) is 71.2 cm³/mol. The second kappa shape index (κ2) is 6.31. The fourth-order valence-corrected chi connectivity index (χ4v) is 3.37. The lowest BCUT2D eigenvalue weighted by Gasteiger charge is -2.26. The third-order valence-electron chi connectivity index (χ3n) is 3.05. The smallest absolute Gasteiger partial charge is 0.155 e. The van der Waals surface area contributed by atoms with Gasteiger partial charge in [0.1, 0.15) is 0 Å². The first-order chi connectivity index (χ1) is 8.66. The summed E-state index contributed by atoms with van der Waals surface area (Å²) in [4.78, 5) is 2.14. The zero-order valence-electron chi connectivity index (χ0n) is 10.4. The van der Waals surface area contributed by atoms with Crippen LogP contribution in [-0.2, 0) is 20.3 Å². The molecule has 0 atom stereocenters. The number of hydrogen-bond donors (Lipinski definition) is 0. The van der Waals surface area contributed by atoms with E-state index in [2.05, 4.69) is 4.90 Å². The average molecular weight is 269 g/mol. The molecule has 0 aliphatic carbocycles. The summed E-state index contributed by atoms with van der Waals surface area (Å²) in [5.41, 5.74) is 0.861. The van der Waals surface area contributed by atoms with Gasteiger partial charge in [0.25, 0.3) is 0 Å². The zero-order chi connectivity index (χ0) is 12.8. The Morgan fingerprint density at radius 3 is 2.44 bits per heavy atom. The van der Waals surface area contributed by atoms with E-state index in [-0.39, 0.29) is 11.5 Å². The summed E-state index contributed by atoms with van der Waals surface area (Å²) < 4.78 is 29.2. The molecule has 0 unspecified atom stereocenters. The minimum atomic E-state index is -3.02. The highest BCUT2D eigenvalue weighted by molar-refractivity contribution is 7.90. The van der Waals surface area contributed by atoms with Crippen LogP contribution in [0.25, 0.3) is 0 Å². The molecule has 0 bridgehead atoms. The Hall–Kier alpha value is -0.910. The molecular formula is C13H19NO3S. The van der Waals surface area contributed by atoms with Crippen molar-refractivity contribution in [1.82, 2.24) is 4.90 Å². The molecule has 0 N–H and O–H groups in total. The van der Waals surface area contributed by atoms with Crippen molar-refractivity contribution in [3.8, 4) is 0 Å². The van der Waals surface area contributed by atoms with E-state index in [1.807, 2.05) is 30.3 Å². The third-order valence-corrected chi connectivity index (χ3v) is 4.63. The van der Waals surface area contributed by atoms with Crippen LogP contribution >= 0.6 is 0 Å². The minimum absolute atomic E-state index is 0.137. The Kier molecular flexibility index (Phi) is 4.74. The maximum Gasteiger partial charge on any atom is 0.155 e. The van der Waals surface area contributed by atoms with Crippen molar-refractivity contribution < 1.29 is 13.2 Å². The zero-order valence-corrected chi connectivity index (χ0v) is 11.2. The Balaban J connectivity index is 1.83. The van der Waals surface area contributed by atoms with E-state index in [0.29, 0.717) is 19.8 Å². The van der Waals surface area contributed by atoms with Crippen molar-refractivity contribution in [2.75, 3.05) is 38.6 Å². The van der Waals surface area contributed by atoms with Crippen molar-refractivity contribution >= 4 is 9.84 Å². The number of ether oxygens (including phenoxy) is 1. The first-order valence-corrected chi connectivity index (χ1v) is 8.02. The van der Waals surface area contributed by atoms with Crippen LogP contribution in [0.2, 0.25) is 0 Å². The quantitative estimate of drug-likeness (QED) is 0.798. The molecule has 1 heterocycles. The van der Waals surface area contributed by atoms with Gasteiger partial charge in [-0.1, -0.05) is 30.3 Å². The monoisotopic (exact) mass is 269 g/mol. The van der Waals surface area contributed by atoms with Gasteiger partial charge in [0.2, 0.25) is 0 Å². The second-order valence-corrected chi connectivity index (χ2v) is 6.72. The second-order valence-electron chi connectivity index (χ2n) is 4.53. The molecule has 0 spiro atoms. The molecule has 2 rings (SSSR count). The summed E-state index contributed by atoms with van der Waals surface area (Å²) in [6.07, 6.45) is 0. The van der Waals surface area contributed by atoms with Gasteiger partial charge in [-0.05, 0) is 5.56 Å². The molecule has 5 heteroatoms. The highest BCUT2D eigenvalue weighted by Crippen LogP contribution is 2.07. The molecule has 1 aromatic carbocycles. The van der Waals surface area contributed by atoms with Gasteiger partial charge in [-0.25, -0.2) is 8.42 Å². The molecule has 0 amide bonds. The summed E-state index contributed by atoms with van der Waals surface area (Å²) >= 11 is 0. The molecule has 18 heavy (non-hydrogen) atoms. The number of morpholine rings is 1. The molecule has 4 nitrogen and oxygen atoms in total. The van der Waals surface area contributed by atoms with Crippen LogP contribution in [0.3, 0.4) is 0 Å². The Morgan fingerprint density at radius 1 is 1.11 bits per heavy atom. The lowest BCUT2D eigenvalue weighted by Crippen LogP contribution is -2.39. The summed E-state index contributed by atoms with van der Waals surface area (Å²) in [7, 11) is -3.02. The Morgan fingerprint density at radius 2 is 1.78 bits per heavy atom. The fourth-order valence-electron chi connectivity index (χ4n) is 1.99. The van der Waals surface area contributed by atoms with Gasteiger partial charge in [0.15, 0.2) is 9.84 Å². The van der Waals surface area contributed by atoms with E-state index in [0.717, 1.165) is 18.7 Å². The van der Waals surface area contributed by atoms with Crippen molar-refractivity contribution in [2.24, 2.45) is 0 Å². The van der Waals surface area contributed by atoms with Crippen molar-refractivity contribution in [3.05, 3.63) is 35.9 Å². The van der Waals surface area contributed by atoms with E-state index >= 15 is 0 Å². The number of benzene rings is 1. The van der Waals surface area contributed by atoms with Gasteiger partial charge >= 0.3 is 0 Å². The summed E-state index contributed by atoms with van der Waals surface area (Å²) in [5.74, 6) is 0.361. The highest BCUT2D eigenvalue weighted by atomic mass is 32.2. The number of hydrogen-bond acceptors (Lipinski definition) is 4. The largest absolute Gasteiger partial charge is 0.379 e. The van der Waals surface area contributed by atoms with Gasteiger partial charge in [0, 0.05) is 19.6 Å². The summed E-state index contributed by atoms with van der Waals surface area (Å²) in [6.45, 7) is 3.69. The molecule has 1 fully saturated rings. The first kappa shape index (κ1) is 13.5. The molecule has 1 saturated heterocycles. The number of rotatable bonds is 5. The molecule has 0 aromatic heterocycles. The number of sulfone groups is 1. The lowest BCUT2D eigenvalue weighted by molar-refractivity contribution is 0.0408. The molecule has 100 valence electrons.